The predicted octanol–water partition coefficient (Wildman–Crippen LogP) is 2.20. The lowest BCUT2D eigenvalue weighted by Gasteiger charge is -2.43. The smallest absolute Gasteiger partial charge is 0.123 e. The molecule has 4 heteroatoms. The fraction of sp³-hybridized carbons (Fsp3) is 0.600. The Kier molecular flexibility index (Phi) is 4.11. The van der Waals surface area contributed by atoms with Crippen LogP contribution in [0.5, 0.6) is 0 Å². The van der Waals surface area contributed by atoms with Crippen LogP contribution in [0.15, 0.2) is 18.2 Å². The largest absolute Gasteiger partial charge is 0.369 e. The number of rotatable bonds is 2. The van der Waals surface area contributed by atoms with Crippen molar-refractivity contribution in [1.29, 1.82) is 0 Å². The Morgan fingerprint density at radius 3 is 2.32 bits per heavy atom. The minimum atomic E-state index is -0.211. The van der Waals surface area contributed by atoms with Gasteiger partial charge in [-0.25, -0.2) is 4.39 Å². The van der Waals surface area contributed by atoms with Crippen LogP contribution in [0.2, 0.25) is 0 Å². The highest BCUT2D eigenvalue weighted by Gasteiger charge is 2.26. The van der Waals surface area contributed by atoms with Crippen molar-refractivity contribution in [3.63, 3.8) is 0 Å². The Morgan fingerprint density at radius 2 is 1.79 bits per heavy atom. The van der Waals surface area contributed by atoms with Gasteiger partial charge in [0, 0.05) is 44.0 Å². The lowest BCUT2D eigenvalue weighted by atomic mass is 10.0. The molecule has 0 spiro atoms. The second kappa shape index (κ2) is 5.47. The van der Waals surface area contributed by atoms with Crippen molar-refractivity contribution in [2.75, 3.05) is 31.1 Å². The van der Waals surface area contributed by atoms with E-state index in [0.29, 0.717) is 6.54 Å². The zero-order chi connectivity index (χ0) is 14.0. The third-order valence-corrected chi connectivity index (χ3v) is 3.83. The SMILES string of the molecule is CC(C)(C)N1CCN(c2ccc(F)cc2CN)CC1. The highest BCUT2D eigenvalue weighted by molar-refractivity contribution is 5.54. The Bertz CT molecular complexity index is 432. The Morgan fingerprint density at radius 1 is 1.16 bits per heavy atom. The molecule has 0 radical (unpaired) electrons. The predicted molar refractivity (Wildman–Crippen MR) is 77.8 cm³/mol. The van der Waals surface area contributed by atoms with E-state index in [1.807, 2.05) is 6.07 Å². The molecule has 19 heavy (non-hydrogen) atoms. The molecule has 2 rings (SSSR count). The summed E-state index contributed by atoms with van der Waals surface area (Å²) in [6, 6.07) is 4.92. The molecule has 0 saturated carbocycles. The van der Waals surface area contributed by atoms with Crippen LogP contribution in [-0.2, 0) is 6.54 Å². The van der Waals surface area contributed by atoms with E-state index in [1.54, 1.807) is 6.07 Å². The van der Waals surface area contributed by atoms with Crippen molar-refractivity contribution in [3.05, 3.63) is 29.6 Å². The van der Waals surface area contributed by atoms with Crippen LogP contribution in [-0.4, -0.2) is 36.6 Å². The fourth-order valence-corrected chi connectivity index (χ4v) is 2.64. The highest BCUT2D eigenvalue weighted by atomic mass is 19.1. The van der Waals surface area contributed by atoms with Crippen molar-refractivity contribution in [2.24, 2.45) is 5.73 Å². The quantitative estimate of drug-likeness (QED) is 0.890. The average Bonchev–Trinajstić information content (AvgIpc) is 2.37. The van der Waals surface area contributed by atoms with E-state index in [1.165, 1.54) is 6.07 Å². The fourth-order valence-electron chi connectivity index (χ4n) is 2.64. The maximum absolute atomic E-state index is 13.2. The molecular weight excluding hydrogens is 241 g/mol. The third-order valence-electron chi connectivity index (χ3n) is 3.83. The van der Waals surface area contributed by atoms with E-state index in [9.17, 15) is 4.39 Å². The van der Waals surface area contributed by atoms with Gasteiger partial charge in [0.2, 0.25) is 0 Å². The summed E-state index contributed by atoms with van der Waals surface area (Å²) in [5.74, 6) is -0.211. The van der Waals surface area contributed by atoms with Gasteiger partial charge in [-0.1, -0.05) is 0 Å². The Balaban J connectivity index is 2.10. The number of piperazine rings is 1. The van der Waals surface area contributed by atoms with Crippen LogP contribution < -0.4 is 10.6 Å². The van der Waals surface area contributed by atoms with Gasteiger partial charge in [0.05, 0.1) is 0 Å². The van der Waals surface area contributed by atoms with Crippen molar-refractivity contribution < 1.29 is 4.39 Å². The van der Waals surface area contributed by atoms with Crippen LogP contribution in [0, 0.1) is 5.82 Å². The van der Waals surface area contributed by atoms with Crippen molar-refractivity contribution in [1.82, 2.24) is 4.90 Å². The van der Waals surface area contributed by atoms with Gasteiger partial charge in [-0.2, -0.15) is 0 Å². The first kappa shape index (κ1) is 14.3. The van der Waals surface area contributed by atoms with E-state index in [2.05, 4.69) is 30.6 Å². The second-order valence-electron chi connectivity index (χ2n) is 6.12. The van der Waals surface area contributed by atoms with Gasteiger partial charge in [-0.05, 0) is 44.5 Å². The summed E-state index contributed by atoms with van der Waals surface area (Å²) >= 11 is 0. The molecule has 1 aromatic rings. The molecule has 0 atom stereocenters. The summed E-state index contributed by atoms with van der Waals surface area (Å²) in [5, 5.41) is 0. The zero-order valence-electron chi connectivity index (χ0n) is 12.1. The summed E-state index contributed by atoms with van der Waals surface area (Å²) in [6.07, 6.45) is 0. The number of nitrogens with two attached hydrogens (primary N) is 1. The summed E-state index contributed by atoms with van der Waals surface area (Å²) in [6.45, 7) is 11.1. The molecule has 0 aliphatic carbocycles. The van der Waals surface area contributed by atoms with Gasteiger partial charge < -0.3 is 10.6 Å². The molecule has 1 aromatic carbocycles. The standard InChI is InChI=1S/C15H24FN3/c1-15(2,3)19-8-6-18(7-9-19)14-5-4-13(16)10-12(14)11-17/h4-5,10H,6-9,11,17H2,1-3H3. The number of nitrogens with zero attached hydrogens (tertiary/aromatic N) is 2. The second-order valence-corrected chi connectivity index (χ2v) is 6.12. The van der Waals surface area contributed by atoms with E-state index < -0.39 is 0 Å². The van der Waals surface area contributed by atoms with Gasteiger partial charge in [0.1, 0.15) is 5.82 Å². The molecule has 1 fully saturated rings. The van der Waals surface area contributed by atoms with Crippen LogP contribution in [0.4, 0.5) is 10.1 Å². The third kappa shape index (κ3) is 3.25. The summed E-state index contributed by atoms with van der Waals surface area (Å²) in [5.41, 5.74) is 7.91. The Hall–Kier alpha value is -1.13. The average molecular weight is 265 g/mol. The molecule has 1 heterocycles. The van der Waals surface area contributed by atoms with Crippen molar-refractivity contribution >= 4 is 5.69 Å². The number of hydrogen-bond acceptors (Lipinski definition) is 3. The van der Waals surface area contributed by atoms with Crippen LogP contribution in [0.3, 0.4) is 0 Å². The summed E-state index contributed by atoms with van der Waals surface area (Å²) < 4.78 is 13.2. The summed E-state index contributed by atoms with van der Waals surface area (Å²) in [4.78, 5) is 4.79. The molecule has 0 bridgehead atoms. The molecule has 106 valence electrons. The van der Waals surface area contributed by atoms with E-state index in [4.69, 9.17) is 5.73 Å². The molecule has 1 aliphatic heterocycles. The van der Waals surface area contributed by atoms with Gasteiger partial charge in [0.25, 0.3) is 0 Å². The topological polar surface area (TPSA) is 32.5 Å². The van der Waals surface area contributed by atoms with E-state index in [-0.39, 0.29) is 11.4 Å². The van der Waals surface area contributed by atoms with Crippen LogP contribution in [0.25, 0.3) is 0 Å². The number of halogens is 1. The lowest BCUT2D eigenvalue weighted by molar-refractivity contribution is 0.128. The molecule has 1 aliphatic rings. The van der Waals surface area contributed by atoms with Crippen LogP contribution >= 0.6 is 0 Å². The van der Waals surface area contributed by atoms with E-state index >= 15 is 0 Å². The summed E-state index contributed by atoms with van der Waals surface area (Å²) in [7, 11) is 0. The number of benzene rings is 1. The zero-order valence-corrected chi connectivity index (χ0v) is 12.1. The van der Waals surface area contributed by atoms with Gasteiger partial charge in [0.15, 0.2) is 0 Å². The highest BCUT2D eigenvalue weighted by Crippen LogP contribution is 2.24. The van der Waals surface area contributed by atoms with Gasteiger partial charge in [-0.3, -0.25) is 4.90 Å². The first-order valence-corrected chi connectivity index (χ1v) is 6.90. The maximum atomic E-state index is 13.2. The molecule has 0 unspecified atom stereocenters. The van der Waals surface area contributed by atoms with Crippen molar-refractivity contribution in [3.8, 4) is 0 Å². The minimum absolute atomic E-state index is 0.211. The molecule has 0 amide bonds. The number of hydrogen-bond donors (Lipinski definition) is 1. The maximum Gasteiger partial charge on any atom is 0.123 e. The molecule has 1 saturated heterocycles. The Labute approximate surface area is 115 Å². The molecule has 2 N–H and O–H groups in total. The normalized spacial score (nSPS) is 17.8. The lowest BCUT2D eigenvalue weighted by Crippen LogP contribution is -2.53. The first-order chi connectivity index (χ1) is 8.91. The molecule has 3 nitrogen and oxygen atoms in total. The first-order valence-electron chi connectivity index (χ1n) is 6.90. The van der Waals surface area contributed by atoms with Gasteiger partial charge >= 0.3 is 0 Å². The minimum Gasteiger partial charge on any atom is -0.369 e. The van der Waals surface area contributed by atoms with Crippen LogP contribution in [0.1, 0.15) is 26.3 Å². The monoisotopic (exact) mass is 265 g/mol. The number of anilines is 1. The van der Waals surface area contributed by atoms with Crippen molar-refractivity contribution in [2.45, 2.75) is 32.9 Å². The van der Waals surface area contributed by atoms with Gasteiger partial charge in [-0.15, -0.1) is 0 Å². The molecular formula is C15H24FN3. The molecule has 0 aromatic heterocycles. The van der Waals surface area contributed by atoms with E-state index in [0.717, 1.165) is 37.4 Å².